The molecule has 0 radical (unpaired) electrons. The van der Waals surface area contributed by atoms with Gasteiger partial charge in [0.25, 0.3) is 0 Å². The smallest absolute Gasteiger partial charge is 0.191 e. The lowest BCUT2D eigenvalue weighted by atomic mass is 10.1. The van der Waals surface area contributed by atoms with Crippen LogP contribution in [0, 0.1) is 0 Å². The van der Waals surface area contributed by atoms with Gasteiger partial charge in [-0.15, -0.1) is 35.3 Å². The van der Waals surface area contributed by atoms with E-state index in [1.807, 2.05) is 13.8 Å². The van der Waals surface area contributed by atoms with Crippen LogP contribution in [-0.4, -0.2) is 67.5 Å². The Morgan fingerprint density at radius 1 is 1.44 bits per heavy atom. The number of nitrogens with zero attached hydrogens (tertiary/aromatic N) is 2. The third-order valence-electron chi connectivity index (χ3n) is 3.66. The standard InChI is InChI=1S/C16H27BrN4O2S.HI/c1-3-18-15(19-9-14-8-13(17)10-24-14)20-11-16(2,22)12-21-4-6-23-7-5-21;/h8,10,22H,3-7,9,11-12H2,1-2H3,(H2,18,19,20);1H. The summed E-state index contributed by atoms with van der Waals surface area (Å²) in [4.78, 5) is 8.01. The second-order valence-corrected chi connectivity index (χ2v) is 8.08. The fraction of sp³-hybridized carbons (Fsp3) is 0.688. The molecule has 0 aromatic carbocycles. The van der Waals surface area contributed by atoms with E-state index in [0.717, 1.165) is 43.3 Å². The van der Waals surface area contributed by atoms with Gasteiger partial charge in [-0.3, -0.25) is 4.90 Å². The van der Waals surface area contributed by atoms with Crippen LogP contribution in [-0.2, 0) is 11.3 Å². The molecule has 1 fully saturated rings. The topological polar surface area (TPSA) is 69.1 Å². The minimum atomic E-state index is -0.820. The summed E-state index contributed by atoms with van der Waals surface area (Å²) in [6.07, 6.45) is 0. The van der Waals surface area contributed by atoms with E-state index in [1.165, 1.54) is 4.88 Å². The first-order chi connectivity index (χ1) is 11.5. The molecule has 9 heteroatoms. The van der Waals surface area contributed by atoms with Gasteiger partial charge in [-0.2, -0.15) is 0 Å². The summed E-state index contributed by atoms with van der Waals surface area (Å²) in [5.74, 6) is 0.726. The number of guanidine groups is 1. The lowest BCUT2D eigenvalue weighted by Gasteiger charge is -2.34. The van der Waals surface area contributed by atoms with Gasteiger partial charge >= 0.3 is 0 Å². The number of β-amino-alcohol motifs (C(OH)–C–C–N with tert-alkyl or cyclic N) is 1. The van der Waals surface area contributed by atoms with Crippen LogP contribution in [0.1, 0.15) is 18.7 Å². The van der Waals surface area contributed by atoms with Gasteiger partial charge in [0.2, 0.25) is 0 Å². The van der Waals surface area contributed by atoms with Gasteiger partial charge in [0.15, 0.2) is 5.96 Å². The minimum absolute atomic E-state index is 0. The molecule has 144 valence electrons. The molecule has 0 spiro atoms. The van der Waals surface area contributed by atoms with E-state index in [9.17, 15) is 5.11 Å². The third-order valence-corrected chi connectivity index (χ3v) is 5.35. The van der Waals surface area contributed by atoms with Gasteiger partial charge < -0.3 is 20.5 Å². The Labute approximate surface area is 179 Å². The number of rotatable bonds is 7. The van der Waals surface area contributed by atoms with E-state index in [0.29, 0.717) is 19.6 Å². The normalized spacial score (nSPS) is 18.3. The molecule has 1 atom stereocenters. The molecule has 1 unspecified atom stereocenters. The summed E-state index contributed by atoms with van der Waals surface area (Å²) < 4.78 is 6.44. The highest BCUT2D eigenvalue weighted by Gasteiger charge is 2.25. The van der Waals surface area contributed by atoms with Crippen molar-refractivity contribution in [3.05, 3.63) is 20.8 Å². The molecule has 25 heavy (non-hydrogen) atoms. The van der Waals surface area contributed by atoms with Crippen LogP contribution >= 0.6 is 51.2 Å². The molecular weight excluding hydrogens is 519 g/mol. The zero-order valence-electron chi connectivity index (χ0n) is 14.8. The lowest BCUT2D eigenvalue weighted by molar-refractivity contribution is -0.0201. The number of halogens is 2. The number of morpholine rings is 1. The van der Waals surface area contributed by atoms with Crippen LogP contribution in [0.15, 0.2) is 20.9 Å². The van der Waals surface area contributed by atoms with Crippen molar-refractivity contribution in [2.24, 2.45) is 4.99 Å². The molecule has 3 N–H and O–H groups in total. The highest BCUT2D eigenvalue weighted by molar-refractivity contribution is 14.0. The molecule has 0 bridgehead atoms. The molecule has 2 heterocycles. The van der Waals surface area contributed by atoms with E-state index >= 15 is 0 Å². The van der Waals surface area contributed by atoms with Crippen molar-refractivity contribution in [3.63, 3.8) is 0 Å². The van der Waals surface area contributed by atoms with Gasteiger partial charge in [-0.1, -0.05) is 0 Å². The Morgan fingerprint density at radius 2 is 2.16 bits per heavy atom. The van der Waals surface area contributed by atoms with Crippen molar-refractivity contribution in [1.82, 2.24) is 15.5 Å². The van der Waals surface area contributed by atoms with Crippen LogP contribution in [0.4, 0.5) is 0 Å². The third kappa shape index (κ3) is 9.00. The van der Waals surface area contributed by atoms with Crippen LogP contribution in [0.5, 0.6) is 0 Å². The maximum Gasteiger partial charge on any atom is 0.191 e. The number of ether oxygens (including phenoxy) is 1. The number of thiophene rings is 1. The Balaban J connectivity index is 0.00000312. The molecule has 2 rings (SSSR count). The Kier molecular flexibility index (Phi) is 10.8. The molecule has 0 saturated carbocycles. The zero-order chi connectivity index (χ0) is 17.4. The molecule has 0 amide bonds. The molecule has 1 aliphatic heterocycles. The number of nitrogens with one attached hydrogen (secondary N) is 2. The maximum absolute atomic E-state index is 10.6. The monoisotopic (exact) mass is 546 g/mol. The van der Waals surface area contributed by atoms with Crippen LogP contribution in [0.3, 0.4) is 0 Å². The van der Waals surface area contributed by atoms with E-state index in [4.69, 9.17) is 4.74 Å². The first-order valence-corrected chi connectivity index (χ1v) is 9.93. The number of aliphatic imine (C=N–C) groups is 1. The van der Waals surface area contributed by atoms with Crippen molar-refractivity contribution >= 4 is 57.2 Å². The minimum Gasteiger partial charge on any atom is -0.387 e. The van der Waals surface area contributed by atoms with Crippen LogP contribution in [0.25, 0.3) is 0 Å². The van der Waals surface area contributed by atoms with Crippen molar-refractivity contribution < 1.29 is 9.84 Å². The average Bonchev–Trinajstić information content (AvgIpc) is 2.96. The molecule has 0 aliphatic carbocycles. The summed E-state index contributed by atoms with van der Waals surface area (Å²) in [7, 11) is 0. The highest BCUT2D eigenvalue weighted by Crippen LogP contribution is 2.20. The second kappa shape index (κ2) is 11.7. The highest BCUT2D eigenvalue weighted by atomic mass is 127. The molecule has 1 saturated heterocycles. The summed E-state index contributed by atoms with van der Waals surface area (Å²) in [5.41, 5.74) is -0.820. The van der Waals surface area contributed by atoms with Crippen molar-refractivity contribution in [1.29, 1.82) is 0 Å². The first-order valence-electron chi connectivity index (χ1n) is 8.26. The van der Waals surface area contributed by atoms with Gasteiger partial charge in [-0.25, -0.2) is 4.99 Å². The summed E-state index contributed by atoms with van der Waals surface area (Å²) >= 11 is 5.14. The zero-order valence-corrected chi connectivity index (χ0v) is 19.5. The SMILES string of the molecule is CCNC(=NCc1cc(Br)cs1)NCC(C)(O)CN1CCOCC1.I. The molecule has 1 aromatic rings. The van der Waals surface area contributed by atoms with Crippen LogP contribution in [0.2, 0.25) is 0 Å². The summed E-state index contributed by atoms with van der Waals surface area (Å²) in [5, 5.41) is 19.2. The maximum atomic E-state index is 10.6. The van der Waals surface area contributed by atoms with Gasteiger partial charge in [0.1, 0.15) is 0 Å². The van der Waals surface area contributed by atoms with Gasteiger partial charge in [0.05, 0.1) is 25.4 Å². The van der Waals surface area contributed by atoms with E-state index in [2.05, 4.69) is 47.9 Å². The first kappa shape index (κ1) is 23.1. The van der Waals surface area contributed by atoms with Crippen molar-refractivity contribution in [2.75, 3.05) is 45.9 Å². The molecule has 1 aromatic heterocycles. The predicted molar refractivity (Wildman–Crippen MR) is 118 cm³/mol. The number of hydrogen-bond acceptors (Lipinski definition) is 5. The molecule has 6 nitrogen and oxygen atoms in total. The molecule has 1 aliphatic rings. The Morgan fingerprint density at radius 3 is 2.76 bits per heavy atom. The van der Waals surface area contributed by atoms with Gasteiger partial charge in [0, 0.05) is 47.5 Å². The predicted octanol–water partition coefficient (Wildman–Crippen LogP) is 2.27. The largest absolute Gasteiger partial charge is 0.387 e. The number of aliphatic hydroxyl groups is 1. The Hall–Kier alpha value is 0.0600. The second-order valence-electron chi connectivity index (χ2n) is 6.17. The van der Waals surface area contributed by atoms with Gasteiger partial charge in [-0.05, 0) is 35.8 Å². The van der Waals surface area contributed by atoms with Crippen molar-refractivity contribution in [2.45, 2.75) is 26.0 Å². The fourth-order valence-corrected chi connectivity index (χ4v) is 3.88. The summed E-state index contributed by atoms with van der Waals surface area (Å²) in [6, 6.07) is 2.08. The molecular formula is C16H28BrIN4O2S. The van der Waals surface area contributed by atoms with Crippen molar-refractivity contribution in [3.8, 4) is 0 Å². The average molecular weight is 547 g/mol. The summed E-state index contributed by atoms with van der Waals surface area (Å²) in [6.45, 7) is 9.59. The fourth-order valence-electron chi connectivity index (χ4n) is 2.51. The number of hydrogen-bond donors (Lipinski definition) is 3. The van der Waals surface area contributed by atoms with E-state index < -0.39 is 5.60 Å². The van der Waals surface area contributed by atoms with E-state index in [1.54, 1.807) is 11.3 Å². The van der Waals surface area contributed by atoms with E-state index in [-0.39, 0.29) is 24.0 Å². The van der Waals surface area contributed by atoms with Crippen LogP contribution < -0.4 is 10.6 Å². The Bertz CT molecular complexity index is 536. The lowest BCUT2D eigenvalue weighted by Crippen LogP contribution is -2.52. The quantitative estimate of drug-likeness (QED) is 0.278.